The number of benzene rings is 2. The maximum Gasteiger partial charge on any atom is 0.435 e. The Balaban J connectivity index is 1.83. The van der Waals surface area contributed by atoms with E-state index in [9.17, 15) is 26.7 Å². The van der Waals surface area contributed by atoms with Crippen LogP contribution in [-0.2, 0) is 24.4 Å². The van der Waals surface area contributed by atoms with E-state index in [0.717, 1.165) is 16.8 Å². The number of nitrogens with one attached hydrogen (secondary N) is 1. The Morgan fingerprint density at radius 1 is 1.06 bits per heavy atom. The van der Waals surface area contributed by atoms with Gasteiger partial charge < -0.3 is 11.1 Å². The van der Waals surface area contributed by atoms with Gasteiger partial charge in [0.1, 0.15) is 17.5 Å². The topological polar surface area (TPSA) is 72.9 Å². The van der Waals surface area contributed by atoms with Gasteiger partial charge in [-0.2, -0.15) is 18.3 Å². The van der Waals surface area contributed by atoms with Crippen molar-refractivity contribution >= 4 is 11.7 Å². The number of aromatic nitrogens is 2. The first-order valence-electron chi connectivity index (χ1n) is 9.24. The highest BCUT2D eigenvalue weighted by Crippen LogP contribution is 2.40. The van der Waals surface area contributed by atoms with E-state index in [1.165, 1.54) is 43.4 Å². The highest BCUT2D eigenvalue weighted by molar-refractivity contribution is 5.95. The lowest BCUT2D eigenvalue weighted by Gasteiger charge is -2.14. The average molecular weight is 438 g/mol. The van der Waals surface area contributed by atoms with E-state index in [2.05, 4.69) is 10.4 Å². The Bertz CT molecular complexity index is 1060. The summed E-state index contributed by atoms with van der Waals surface area (Å²) in [6.45, 7) is 0. The smallest absolute Gasteiger partial charge is 0.327 e. The van der Waals surface area contributed by atoms with Crippen LogP contribution in [0.1, 0.15) is 17.7 Å². The number of aryl methyl sites for hydroxylation is 1. The van der Waals surface area contributed by atoms with Crippen molar-refractivity contribution in [3.05, 3.63) is 71.4 Å². The molecule has 1 aromatic heterocycles. The predicted molar refractivity (Wildman–Crippen MR) is 105 cm³/mol. The lowest BCUT2D eigenvalue weighted by molar-refractivity contribution is -0.141. The van der Waals surface area contributed by atoms with Gasteiger partial charge in [-0.1, -0.05) is 24.3 Å². The van der Waals surface area contributed by atoms with Crippen LogP contribution in [0, 0.1) is 11.6 Å². The highest BCUT2D eigenvalue weighted by atomic mass is 19.4. The number of carbonyl (C=O) groups is 1. The molecule has 31 heavy (non-hydrogen) atoms. The number of nitrogens with two attached hydrogens (primary N) is 1. The van der Waals surface area contributed by atoms with Crippen molar-refractivity contribution in [1.82, 2.24) is 9.78 Å². The molecule has 0 aliphatic heterocycles. The summed E-state index contributed by atoms with van der Waals surface area (Å²) in [6, 6.07) is 9.37. The fourth-order valence-electron chi connectivity index (χ4n) is 3.17. The molecule has 0 saturated carbocycles. The van der Waals surface area contributed by atoms with Gasteiger partial charge in [0.15, 0.2) is 5.69 Å². The molecule has 3 rings (SSSR count). The standard InChI is InChI=1S/C21H19F5N4O/c1-30-20(28-17(31)11-16(27)10-12-2-6-14(22)7-3-12)18(19(29-30)21(24,25)26)13-4-8-15(23)9-5-13/h2-9,16H,10-11,27H2,1H3,(H,28,31). The summed E-state index contributed by atoms with van der Waals surface area (Å²) in [4.78, 5) is 12.5. The van der Waals surface area contributed by atoms with E-state index < -0.39 is 35.5 Å². The van der Waals surface area contributed by atoms with Crippen molar-refractivity contribution in [2.75, 3.05) is 5.32 Å². The molecule has 0 aliphatic rings. The zero-order valence-corrected chi connectivity index (χ0v) is 16.4. The normalized spacial score (nSPS) is 12.6. The second kappa shape index (κ2) is 8.84. The fraction of sp³-hybridized carbons (Fsp3) is 0.238. The van der Waals surface area contributed by atoms with Crippen LogP contribution >= 0.6 is 0 Å². The first-order valence-corrected chi connectivity index (χ1v) is 9.24. The van der Waals surface area contributed by atoms with Crippen LogP contribution in [0.15, 0.2) is 48.5 Å². The number of carbonyl (C=O) groups excluding carboxylic acids is 1. The number of alkyl halides is 3. The summed E-state index contributed by atoms with van der Waals surface area (Å²) >= 11 is 0. The summed E-state index contributed by atoms with van der Waals surface area (Å²) in [5, 5.41) is 5.94. The van der Waals surface area contributed by atoms with Crippen LogP contribution in [-0.4, -0.2) is 21.7 Å². The van der Waals surface area contributed by atoms with Crippen molar-refractivity contribution in [3.8, 4) is 11.1 Å². The van der Waals surface area contributed by atoms with Gasteiger partial charge in [-0.3, -0.25) is 9.48 Å². The molecule has 0 spiro atoms. The number of rotatable bonds is 6. The van der Waals surface area contributed by atoms with Crippen molar-refractivity contribution in [3.63, 3.8) is 0 Å². The molecule has 1 unspecified atom stereocenters. The summed E-state index contributed by atoms with van der Waals surface area (Å²) in [7, 11) is 1.26. The third-order valence-electron chi connectivity index (χ3n) is 4.57. The van der Waals surface area contributed by atoms with Crippen LogP contribution in [0.25, 0.3) is 11.1 Å². The number of hydrogen-bond acceptors (Lipinski definition) is 3. The number of hydrogen-bond donors (Lipinski definition) is 2. The Labute approximate surface area is 174 Å². The molecule has 0 fully saturated rings. The van der Waals surface area contributed by atoms with Crippen LogP contribution in [0.5, 0.6) is 0 Å². The third kappa shape index (κ3) is 5.46. The molecule has 0 radical (unpaired) electrons. The molecular formula is C21H19F5N4O. The maximum absolute atomic E-state index is 13.5. The molecule has 3 N–H and O–H groups in total. The van der Waals surface area contributed by atoms with Gasteiger partial charge in [-0.25, -0.2) is 8.78 Å². The van der Waals surface area contributed by atoms with E-state index >= 15 is 0 Å². The van der Waals surface area contributed by atoms with E-state index in [1.807, 2.05) is 0 Å². The van der Waals surface area contributed by atoms with E-state index in [0.29, 0.717) is 5.56 Å². The number of halogens is 5. The lowest BCUT2D eigenvalue weighted by atomic mass is 10.0. The molecule has 3 aromatic rings. The third-order valence-corrected chi connectivity index (χ3v) is 4.57. The van der Waals surface area contributed by atoms with Gasteiger partial charge in [0.25, 0.3) is 0 Å². The van der Waals surface area contributed by atoms with E-state index in [-0.39, 0.29) is 29.8 Å². The molecule has 0 bridgehead atoms. The zero-order valence-electron chi connectivity index (χ0n) is 16.4. The Kier molecular flexibility index (Phi) is 6.40. The molecular weight excluding hydrogens is 419 g/mol. The summed E-state index contributed by atoms with van der Waals surface area (Å²) in [6.07, 6.45) is -4.70. The van der Waals surface area contributed by atoms with Gasteiger partial charge >= 0.3 is 6.18 Å². The minimum Gasteiger partial charge on any atom is -0.327 e. The van der Waals surface area contributed by atoms with Gasteiger partial charge in [0.2, 0.25) is 5.91 Å². The quantitative estimate of drug-likeness (QED) is 0.565. The maximum atomic E-state index is 13.5. The first-order chi connectivity index (χ1) is 14.5. The zero-order chi connectivity index (χ0) is 22.8. The minimum atomic E-state index is -4.79. The van der Waals surface area contributed by atoms with Crippen molar-refractivity contribution < 1.29 is 26.7 Å². The molecule has 1 atom stereocenters. The van der Waals surface area contributed by atoms with E-state index in [4.69, 9.17) is 5.73 Å². The number of nitrogens with zero attached hydrogens (tertiary/aromatic N) is 2. The molecule has 1 heterocycles. The number of anilines is 1. The van der Waals surface area contributed by atoms with Crippen LogP contribution < -0.4 is 11.1 Å². The summed E-state index contributed by atoms with van der Waals surface area (Å²) in [5.74, 6) is -1.81. The Hall–Kier alpha value is -3.27. The largest absolute Gasteiger partial charge is 0.435 e. The Morgan fingerprint density at radius 2 is 1.61 bits per heavy atom. The highest BCUT2D eigenvalue weighted by Gasteiger charge is 2.39. The molecule has 164 valence electrons. The monoisotopic (exact) mass is 438 g/mol. The average Bonchev–Trinajstić information content (AvgIpc) is 3.01. The van der Waals surface area contributed by atoms with Gasteiger partial charge in [-0.15, -0.1) is 0 Å². The van der Waals surface area contributed by atoms with Crippen molar-refractivity contribution in [2.24, 2.45) is 12.8 Å². The Morgan fingerprint density at radius 3 is 2.16 bits per heavy atom. The fourth-order valence-corrected chi connectivity index (χ4v) is 3.17. The second-order valence-electron chi connectivity index (χ2n) is 7.04. The van der Waals surface area contributed by atoms with Gasteiger partial charge in [0, 0.05) is 19.5 Å². The van der Waals surface area contributed by atoms with Gasteiger partial charge in [-0.05, 0) is 41.8 Å². The SMILES string of the molecule is Cn1nc(C(F)(F)F)c(-c2ccc(F)cc2)c1NC(=O)CC(N)Cc1ccc(F)cc1. The van der Waals surface area contributed by atoms with E-state index in [1.54, 1.807) is 0 Å². The van der Waals surface area contributed by atoms with Crippen LogP contribution in [0.2, 0.25) is 0 Å². The molecule has 10 heteroatoms. The molecule has 5 nitrogen and oxygen atoms in total. The van der Waals surface area contributed by atoms with Crippen molar-refractivity contribution in [1.29, 1.82) is 0 Å². The number of amides is 1. The lowest BCUT2D eigenvalue weighted by Crippen LogP contribution is -2.29. The summed E-state index contributed by atoms with van der Waals surface area (Å²) < 4.78 is 67.7. The molecule has 1 amide bonds. The first kappa shape index (κ1) is 22.4. The van der Waals surface area contributed by atoms with Crippen LogP contribution in [0.4, 0.5) is 27.8 Å². The summed E-state index contributed by atoms with van der Waals surface area (Å²) in [5.41, 5.74) is 5.18. The minimum absolute atomic E-state index is 0.0488. The van der Waals surface area contributed by atoms with Crippen molar-refractivity contribution in [2.45, 2.75) is 25.1 Å². The van der Waals surface area contributed by atoms with Gasteiger partial charge in [0.05, 0.1) is 5.56 Å². The predicted octanol–water partition coefficient (Wildman–Crippen LogP) is 4.28. The second-order valence-corrected chi connectivity index (χ2v) is 7.04. The molecule has 0 aliphatic carbocycles. The molecule has 2 aromatic carbocycles. The van der Waals surface area contributed by atoms with Crippen LogP contribution in [0.3, 0.4) is 0 Å². The molecule has 0 saturated heterocycles.